The van der Waals surface area contributed by atoms with E-state index in [0.29, 0.717) is 5.69 Å². The van der Waals surface area contributed by atoms with Crippen molar-refractivity contribution in [3.05, 3.63) is 70.5 Å². The third-order valence-electron chi connectivity index (χ3n) is 4.14. The SMILES string of the molecule is CC(C)(C)c1ccc(NC(=O)Cn2cnc3cc(F)ccc3c2=O)cc1. The first-order valence-corrected chi connectivity index (χ1v) is 8.29. The van der Waals surface area contributed by atoms with Crippen LogP contribution < -0.4 is 10.9 Å². The van der Waals surface area contributed by atoms with Crippen LogP contribution in [0.5, 0.6) is 0 Å². The molecule has 0 unspecified atom stereocenters. The highest BCUT2D eigenvalue weighted by Crippen LogP contribution is 2.23. The normalized spacial score (nSPS) is 11.5. The van der Waals surface area contributed by atoms with Crippen LogP contribution in [0.15, 0.2) is 53.6 Å². The molecule has 3 rings (SSSR count). The van der Waals surface area contributed by atoms with Gasteiger partial charge in [0.15, 0.2) is 0 Å². The van der Waals surface area contributed by atoms with Gasteiger partial charge in [0, 0.05) is 11.8 Å². The zero-order valence-electron chi connectivity index (χ0n) is 14.9. The lowest BCUT2D eigenvalue weighted by atomic mass is 9.87. The van der Waals surface area contributed by atoms with Crippen molar-refractivity contribution in [1.82, 2.24) is 9.55 Å². The van der Waals surface area contributed by atoms with E-state index in [0.717, 1.165) is 5.56 Å². The fourth-order valence-electron chi connectivity index (χ4n) is 2.65. The largest absolute Gasteiger partial charge is 0.325 e. The Kier molecular flexibility index (Phi) is 4.59. The number of amides is 1. The number of nitrogens with zero attached hydrogens (tertiary/aromatic N) is 2. The van der Waals surface area contributed by atoms with E-state index in [1.807, 2.05) is 24.3 Å². The molecule has 0 atom stereocenters. The summed E-state index contributed by atoms with van der Waals surface area (Å²) < 4.78 is 14.4. The lowest BCUT2D eigenvalue weighted by Gasteiger charge is -2.19. The Balaban J connectivity index is 1.76. The number of hydrogen-bond donors (Lipinski definition) is 1. The highest BCUT2D eigenvalue weighted by atomic mass is 19.1. The molecule has 1 N–H and O–H groups in total. The summed E-state index contributed by atoms with van der Waals surface area (Å²) in [4.78, 5) is 28.7. The number of nitrogens with one attached hydrogen (secondary N) is 1. The first-order chi connectivity index (χ1) is 12.2. The molecule has 0 spiro atoms. The van der Waals surface area contributed by atoms with E-state index >= 15 is 0 Å². The number of fused-ring (bicyclic) bond motifs is 1. The van der Waals surface area contributed by atoms with Crippen LogP contribution in [-0.2, 0) is 16.8 Å². The number of rotatable bonds is 3. The van der Waals surface area contributed by atoms with Gasteiger partial charge in [-0.1, -0.05) is 32.9 Å². The summed E-state index contributed by atoms with van der Waals surface area (Å²) in [5.41, 5.74) is 1.74. The van der Waals surface area contributed by atoms with E-state index in [1.54, 1.807) is 0 Å². The minimum absolute atomic E-state index is 0.0338. The topological polar surface area (TPSA) is 64.0 Å². The van der Waals surface area contributed by atoms with Gasteiger partial charge in [0.1, 0.15) is 12.4 Å². The Hall–Kier alpha value is -3.02. The molecule has 6 heteroatoms. The van der Waals surface area contributed by atoms with Crippen LogP contribution in [0.4, 0.5) is 10.1 Å². The average molecular weight is 353 g/mol. The summed E-state index contributed by atoms with van der Waals surface area (Å²) in [5, 5.41) is 3.04. The molecule has 1 aromatic heterocycles. The fraction of sp³-hybridized carbons (Fsp3) is 0.250. The summed E-state index contributed by atoms with van der Waals surface area (Å²) in [6.45, 7) is 6.18. The molecular weight excluding hydrogens is 333 g/mol. The van der Waals surface area contributed by atoms with Gasteiger partial charge in [0.25, 0.3) is 5.56 Å². The molecule has 0 aliphatic carbocycles. The number of aromatic nitrogens is 2. The van der Waals surface area contributed by atoms with E-state index in [1.165, 1.54) is 29.1 Å². The molecule has 0 saturated carbocycles. The van der Waals surface area contributed by atoms with E-state index in [2.05, 4.69) is 31.1 Å². The van der Waals surface area contributed by atoms with Gasteiger partial charge >= 0.3 is 0 Å². The standard InChI is InChI=1S/C20H20FN3O2/c1-20(2,3)13-4-7-15(8-5-13)23-18(25)11-24-12-22-17-10-14(21)6-9-16(17)19(24)26/h4-10,12H,11H2,1-3H3,(H,23,25). The molecule has 0 aliphatic heterocycles. The third kappa shape index (κ3) is 3.79. The van der Waals surface area contributed by atoms with Crippen LogP contribution in [0, 0.1) is 5.82 Å². The number of benzene rings is 2. The van der Waals surface area contributed by atoms with Gasteiger partial charge < -0.3 is 5.32 Å². The van der Waals surface area contributed by atoms with Crippen LogP contribution >= 0.6 is 0 Å². The molecule has 3 aromatic rings. The van der Waals surface area contributed by atoms with Gasteiger partial charge in [-0.15, -0.1) is 0 Å². The Morgan fingerprint density at radius 3 is 2.50 bits per heavy atom. The molecule has 1 heterocycles. The molecule has 134 valence electrons. The average Bonchev–Trinajstić information content (AvgIpc) is 2.57. The maximum Gasteiger partial charge on any atom is 0.261 e. The van der Waals surface area contributed by atoms with Gasteiger partial charge in [-0.25, -0.2) is 9.37 Å². The molecule has 2 aromatic carbocycles. The predicted molar refractivity (Wildman–Crippen MR) is 99.7 cm³/mol. The van der Waals surface area contributed by atoms with Crippen molar-refractivity contribution >= 4 is 22.5 Å². The lowest BCUT2D eigenvalue weighted by Crippen LogP contribution is -2.28. The van der Waals surface area contributed by atoms with Gasteiger partial charge in [0.2, 0.25) is 5.91 Å². The highest BCUT2D eigenvalue weighted by Gasteiger charge is 2.13. The molecule has 0 aliphatic rings. The first kappa shape index (κ1) is 17.8. The minimum atomic E-state index is -0.460. The van der Waals surface area contributed by atoms with Crippen LogP contribution in [0.1, 0.15) is 26.3 Å². The minimum Gasteiger partial charge on any atom is -0.325 e. The van der Waals surface area contributed by atoms with E-state index in [4.69, 9.17) is 0 Å². The van der Waals surface area contributed by atoms with Crippen LogP contribution in [0.3, 0.4) is 0 Å². The maximum atomic E-state index is 13.2. The Bertz CT molecular complexity index is 1020. The van der Waals surface area contributed by atoms with Crippen molar-refractivity contribution in [2.24, 2.45) is 0 Å². The number of anilines is 1. The number of carbonyl (C=O) groups excluding carboxylic acids is 1. The van der Waals surface area contributed by atoms with Crippen molar-refractivity contribution in [2.75, 3.05) is 5.32 Å². The summed E-state index contributed by atoms with van der Waals surface area (Å²) in [7, 11) is 0. The van der Waals surface area contributed by atoms with Crippen molar-refractivity contribution in [3.8, 4) is 0 Å². The Labute approximate surface area is 150 Å². The lowest BCUT2D eigenvalue weighted by molar-refractivity contribution is -0.116. The van der Waals surface area contributed by atoms with Gasteiger partial charge in [-0.2, -0.15) is 0 Å². The zero-order chi connectivity index (χ0) is 18.9. The maximum absolute atomic E-state index is 13.2. The molecule has 26 heavy (non-hydrogen) atoms. The molecule has 0 fully saturated rings. The second-order valence-electron chi connectivity index (χ2n) is 7.21. The Morgan fingerprint density at radius 1 is 1.15 bits per heavy atom. The molecule has 0 radical (unpaired) electrons. The number of hydrogen-bond acceptors (Lipinski definition) is 3. The second kappa shape index (κ2) is 6.71. The summed E-state index contributed by atoms with van der Waals surface area (Å²) in [6.07, 6.45) is 1.26. The zero-order valence-corrected chi connectivity index (χ0v) is 14.9. The van der Waals surface area contributed by atoms with E-state index in [9.17, 15) is 14.0 Å². The molecule has 0 saturated heterocycles. The third-order valence-corrected chi connectivity index (χ3v) is 4.14. The monoisotopic (exact) mass is 353 g/mol. The van der Waals surface area contributed by atoms with Gasteiger partial charge in [-0.3, -0.25) is 14.2 Å². The quantitative estimate of drug-likeness (QED) is 0.784. The number of carbonyl (C=O) groups is 1. The summed E-state index contributed by atoms with van der Waals surface area (Å²) in [5.74, 6) is -0.794. The van der Waals surface area contributed by atoms with Crippen molar-refractivity contribution in [2.45, 2.75) is 32.7 Å². The van der Waals surface area contributed by atoms with Gasteiger partial charge in [0.05, 0.1) is 17.2 Å². The van der Waals surface area contributed by atoms with E-state index in [-0.39, 0.29) is 34.3 Å². The van der Waals surface area contributed by atoms with Gasteiger partial charge in [-0.05, 0) is 35.2 Å². The number of halogens is 1. The molecule has 1 amide bonds. The summed E-state index contributed by atoms with van der Waals surface area (Å²) in [6, 6.07) is 11.4. The predicted octanol–water partition coefficient (Wildman–Crippen LogP) is 3.47. The van der Waals surface area contributed by atoms with Crippen LogP contribution in [0.2, 0.25) is 0 Å². The summed E-state index contributed by atoms with van der Waals surface area (Å²) >= 11 is 0. The fourth-order valence-corrected chi connectivity index (χ4v) is 2.65. The molecule has 5 nitrogen and oxygen atoms in total. The van der Waals surface area contributed by atoms with Crippen molar-refractivity contribution in [3.63, 3.8) is 0 Å². The van der Waals surface area contributed by atoms with Crippen molar-refractivity contribution in [1.29, 1.82) is 0 Å². The van der Waals surface area contributed by atoms with Crippen LogP contribution in [0.25, 0.3) is 10.9 Å². The molecule has 0 bridgehead atoms. The van der Waals surface area contributed by atoms with Crippen molar-refractivity contribution < 1.29 is 9.18 Å². The second-order valence-corrected chi connectivity index (χ2v) is 7.21. The Morgan fingerprint density at radius 2 is 1.85 bits per heavy atom. The highest BCUT2D eigenvalue weighted by molar-refractivity contribution is 5.90. The van der Waals surface area contributed by atoms with E-state index < -0.39 is 5.82 Å². The first-order valence-electron chi connectivity index (χ1n) is 8.29. The van der Waals surface area contributed by atoms with Crippen LogP contribution in [-0.4, -0.2) is 15.5 Å². The smallest absolute Gasteiger partial charge is 0.261 e. The molecular formula is C20H20FN3O2.